The Bertz CT molecular complexity index is 879. The highest BCUT2D eigenvalue weighted by Crippen LogP contribution is 2.21. The average Bonchev–Trinajstić information content (AvgIpc) is 2.63. The highest BCUT2D eigenvalue weighted by Gasteiger charge is 2.18. The molecule has 0 fully saturated rings. The fourth-order valence-electron chi connectivity index (χ4n) is 2.54. The van der Waals surface area contributed by atoms with Crippen LogP contribution < -0.4 is 14.4 Å². The van der Waals surface area contributed by atoms with Crippen LogP contribution >= 0.6 is 0 Å². The fourth-order valence-corrected chi connectivity index (χ4v) is 3.04. The van der Waals surface area contributed by atoms with Crippen molar-refractivity contribution in [2.24, 2.45) is 0 Å². The Morgan fingerprint density at radius 1 is 1.19 bits per heavy atom. The van der Waals surface area contributed by atoms with Crippen LogP contribution in [0.15, 0.2) is 48.5 Å². The number of nitrogens with one attached hydrogen (secondary N) is 1. The Morgan fingerprint density at radius 3 is 2.41 bits per heavy atom. The summed E-state index contributed by atoms with van der Waals surface area (Å²) < 4.78 is 30.1. The predicted octanol–water partition coefficient (Wildman–Crippen LogP) is 2.86. The zero-order valence-electron chi connectivity index (χ0n) is 16.1. The summed E-state index contributed by atoms with van der Waals surface area (Å²) >= 11 is 0. The first-order valence-electron chi connectivity index (χ1n) is 8.74. The van der Waals surface area contributed by atoms with Gasteiger partial charge in [-0.3, -0.25) is 9.10 Å². The van der Waals surface area contributed by atoms with Gasteiger partial charge in [0.1, 0.15) is 5.75 Å². The molecular formula is C20H26N2O4S. The lowest BCUT2D eigenvalue weighted by Crippen LogP contribution is -2.37. The molecule has 2 aromatic rings. The Morgan fingerprint density at radius 2 is 1.85 bits per heavy atom. The quantitative estimate of drug-likeness (QED) is 0.752. The number of ether oxygens (including phenoxy) is 1. The molecule has 0 heterocycles. The van der Waals surface area contributed by atoms with E-state index < -0.39 is 16.1 Å². The number of aryl methyl sites for hydroxylation is 1. The molecule has 146 valence electrons. The standard InChI is InChI=1S/C20H26N2O4S/c1-5-19(20(23)21-14-16-8-6-7-15(2)13-16)26-18-11-9-17(10-12-18)22(3)27(4,24)25/h6-13,19H,5,14H2,1-4H3,(H,21,23). The molecule has 0 aliphatic heterocycles. The van der Waals surface area contributed by atoms with E-state index in [-0.39, 0.29) is 5.91 Å². The smallest absolute Gasteiger partial charge is 0.261 e. The van der Waals surface area contributed by atoms with Crippen molar-refractivity contribution in [2.45, 2.75) is 32.9 Å². The van der Waals surface area contributed by atoms with Crippen molar-refractivity contribution in [2.75, 3.05) is 17.6 Å². The van der Waals surface area contributed by atoms with Gasteiger partial charge in [-0.25, -0.2) is 8.42 Å². The number of hydrogen-bond donors (Lipinski definition) is 1. The second-order valence-corrected chi connectivity index (χ2v) is 8.46. The maximum atomic E-state index is 12.4. The molecule has 1 unspecified atom stereocenters. The number of nitrogens with zero attached hydrogens (tertiary/aromatic N) is 1. The summed E-state index contributed by atoms with van der Waals surface area (Å²) in [6.07, 6.45) is 1.04. The monoisotopic (exact) mass is 390 g/mol. The number of sulfonamides is 1. The van der Waals surface area contributed by atoms with Gasteiger partial charge in [0.05, 0.1) is 11.9 Å². The molecule has 0 spiro atoms. The van der Waals surface area contributed by atoms with Crippen LogP contribution in [0.1, 0.15) is 24.5 Å². The lowest BCUT2D eigenvalue weighted by atomic mass is 10.1. The first kappa shape index (κ1) is 20.8. The molecule has 0 bridgehead atoms. The van der Waals surface area contributed by atoms with Crippen molar-refractivity contribution in [1.82, 2.24) is 5.32 Å². The summed E-state index contributed by atoms with van der Waals surface area (Å²) in [7, 11) is -1.83. The van der Waals surface area contributed by atoms with Gasteiger partial charge in [-0.1, -0.05) is 36.8 Å². The van der Waals surface area contributed by atoms with Crippen molar-refractivity contribution < 1.29 is 17.9 Å². The summed E-state index contributed by atoms with van der Waals surface area (Å²) in [5.74, 6) is 0.328. The first-order chi connectivity index (χ1) is 12.7. The molecule has 0 aromatic heterocycles. The van der Waals surface area contributed by atoms with Crippen LogP contribution in [0.2, 0.25) is 0 Å². The molecule has 2 rings (SSSR count). The second kappa shape index (κ2) is 8.90. The number of hydrogen-bond acceptors (Lipinski definition) is 4. The van der Waals surface area contributed by atoms with E-state index in [9.17, 15) is 13.2 Å². The Hall–Kier alpha value is -2.54. The van der Waals surface area contributed by atoms with Gasteiger partial charge in [-0.2, -0.15) is 0 Å². The average molecular weight is 391 g/mol. The van der Waals surface area contributed by atoms with E-state index in [2.05, 4.69) is 5.32 Å². The number of rotatable bonds is 8. The van der Waals surface area contributed by atoms with Gasteiger partial charge in [0, 0.05) is 13.6 Å². The highest BCUT2D eigenvalue weighted by atomic mass is 32.2. The summed E-state index contributed by atoms with van der Waals surface area (Å²) in [5, 5.41) is 2.90. The lowest BCUT2D eigenvalue weighted by molar-refractivity contribution is -0.128. The minimum atomic E-state index is -3.32. The molecule has 2 aromatic carbocycles. The summed E-state index contributed by atoms with van der Waals surface area (Å²) in [6.45, 7) is 4.33. The molecule has 0 saturated heterocycles. The normalized spacial score (nSPS) is 12.3. The molecule has 7 heteroatoms. The van der Waals surface area contributed by atoms with Crippen molar-refractivity contribution in [1.29, 1.82) is 0 Å². The number of carbonyl (C=O) groups excluding carboxylic acids is 1. The van der Waals surface area contributed by atoms with Crippen molar-refractivity contribution in [3.05, 3.63) is 59.7 Å². The molecule has 1 amide bonds. The van der Waals surface area contributed by atoms with Crippen LogP contribution in [-0.4, -0.2) is 33.7 Å². The van der Waals surface area contributed by atoms with Gasteiger partial charge in [0.2, 0.25) is 10.0 Å². The lowest BCUT2D eigenvalue weighted by Gasteiger charge is -2.19. The summed E-state index contributed by atoms with van der Waals surface area (Å²) in [4.78, 5) is 12.4. The molecule has 27 heavy (non-hydrogen) atoms. The molecule has 6 nitrogen and oxygen atoms in total. The van der Waals surface area contributed by atoms with Crippen molar-refractivity contribution in [3.63, 3.8) is 0 Å². The zero-order chi connectivity index (χ0) is 20.0. The van der Waals surface area contributed by atoms with Crippen LogP contribution in [0.25, 0.3) is 0 Å². The Kier molecular flexibility index (Phi) is 6.85. The van der Waals surface area contributed by atoms with Gasteiger partial charge in [-0.05, 0) is 43.2 Å². The second-order valence-electron chi connectivity index (χ2n) is 6.45. The van der Waals surface area contributed by atoms with Gasteiger partial charge >= 0.3 is 0 Å². The molecule has 0 saturated carbocycles. The third-order valence-electron chi connectivity index (χ3n) is 4.19. The van der Waals surface area contributed by atoms with E-state index >= 15 is 0 Å². The predicted molar refractivity (Wildman–Crippen MR) is 107 cm³/mol. The molecular weight excluding hydrogens is 364 g/mol. The van der Waals surface area contributed by atoms with Gasteiger partial charge in [-0.15, -0.1) is 0 Å². The number of anilines is 1. The molecule has 0 aliphatic rings. The van der Waals surface area contributed by atoms with Crippen molar-refractivity contribution in [3.8, 4) is 5.75 Å². The van der Waals surface area contributed by atoms with E-state index in [0.717, 1.165) is 17.4 Å². The zero-order valence-corrected chi connectivity index (χ0v) is 16.9. The molecule has 1 N–H and O–H groups in total. The SMILES string of the molecule is CCC(Oc1ccc(N(C)S(C)(=O)=O)cc1)C(=O)NCc1cccc(C)c1. The number of amides is 1. The maximum absolute atomic E-state index is 12.4. The third kappa shape index (κ3) is 5.99. The van der Waals surface area contributed by atoms with Crippen molar-refractivity contribution >= 4 is 21.6 Å². The Balaban J connectivity index is 1.98. The van der Waals surface area contributed by atoms with Crippen LogP contribution in [-0.2, 0) is 21.4 Å². The maximum Gasteiger partial charge on any atom is 0.261 e. The Labute approximate surface area is 161 Å². The van der Waals surface area contributed by atoms with Crippen LogP contribution in [0, 0.1) is 6.92 Å². The highest BCUT2D eigenvalue weighted by molar-refractivity contribution is 7.92. The largest absolute Gasteiger partial charge is 0.481 e. The molecule has 0 radical (unpaired) electrons. The fraction of sp³-hybridized carbons (Fsp3) is 0.350. The first-order valence-corrected chi connectivity index (χ1v) is 10.6. The van der Waals surface area contributed by atoms with E-state index in [1.165, 1.54) is 11.4 Å². The molecule has 1 atom stereocenters. The van der Waals surface area contributed by atoms with E-state index in [1.807, 2.05) is 38.1 Å². The van der Waals surface area contributed by atoms with Gasteiger partial charge in [0.15, 0.2) is 6.10 Å². The summed E-state index contributed by atoms with van der Waals surface area (Å²) in [5.41, 5.74) is 2.71. The summed E-state index contributed by atoms with van der Waals surface area (Å²) in [6, 6.07) is 14.6. The molecule has 0 aliphatic carbocycles. The van der Waals surface area contributed by atoms with Crippen LogP contribution in [0.4, 0.5) is 5.69 Å². The number of benzene rings is 2. The minimum absolute atomic E-state index is 0.184. The topological polar surface area (TPSA) is 75.7 Å². The van der Waals surface area contributed by atoms with Gasteiger partial charge < -0.3 is 10.1 Å². The minimum Gasteiger partial charge on any atom is -0.481 e. The number of carbonyl (C=O) groups is 1. The third-order valence-corrected chi connectivity index (χ3v) is 5.39. The van der Waals surface area contributed by atoms with Crippen LogP contribution in [0.5, 0.6) is 5.75 Å². The van der Waals surface area contributed by atoms with E-state index in [0.29, 0.717) is 24.4 Å². The van der Waals surface area contributed by atoms with E-state index in [1.54, 1.807) is 24.3 Å². The van der Waals surface area contributed by atoms with E-state index in [4.69, 9.17) is 4.74 Å². The van der Waals surface area contributed by atoms with Crippen LogP contribution in [0.3, 0.4) is 0 Å². The van der Waals surface area contributed by atoms with Gasteiger partial charge in [0.25, 0.3) is 5.91 Å².